The van der Waals surface area contributed by atoms with Gasteiger partial charge in [-0.15, -0.1) is 0 Å². The number of hydrogen-bond donors (Lipinski definition) is 2. The van der Waals surface area contributed by atoms with E-state index in [0.717, 1.165) is 27.8 Å². The van der Waals surface area contributed by atoms with Crippen LogP contribution in [0.2, 0.25) is 0 Å². The van der Waals surface area contributed by atoms with Crippen LogP contribution in [0.4, 0.5) is 5.69 Å². The number of nitrogens with one attached hydrogen (secondary N) is 1. The van der Waals surface area contributed by atoms with Crippen molar-refractivity contribution in [3.63, 3.8) is 0 Å². The van der Waals surface area contributed by atoms with Crippen molar-refractivity contribution in [2.45, 2.75) is 19.9 Å². The Morgan fingerprint density at radius 2 is 1.65 bits per heavy atom. The van der Waals surface area contributed by atoms with E-state index in [2.05, 4.69) is 11.4 Å². The molecule has 5 heteroatoms. The zero-order valence-corrected chi connectivity index (χ0v) is 17.7. The molecular weight excluding hydrogens is 388 g/mol. The fourth-order valence-electron chi connectivity index (χ4n) is 4.04. The minimum atomic E-state index is -0.982. The second-order valence-electron chi connectivity index (χ2n) is 7.79. The summed E-state index contributed by atoms with van der Waals surface area (Å²) < 4.78 is 1.68. The van der Waals surface area contributed by atoms with E-state index in [1.54, 1.807) is 35.9 Å². The zero-order chi connectivity index (χ0) is 22.1. The van der Waals surface area contributed by atoms with Crippen molar-refractivity contribution in [3.8, 4) is 11.3 Å². The largest absolute Gasteiger partial charge is 0.478 e. The summed E-state index contributed by atoms with van der Waals surface area (Å²) in [6, 6.07) is 22.5. The molecule has 1 aromatic heterocycles. The molecule has 2 N–H and O–H groups in total. The van der Waals surface area contributed by atoms with Gasteiger partial charge in [0.2, 0.25) is 0 Å². The Labute approximate surface area is 180 Å². The number of carboxylic acids is 1. The van der Waals surface area contributed by atoms with E-state index in [1.165, 1.54) is 0 Å². The third-order valence-corrected chi connectivity index (χ3v) is 5.60. The number of fused-ring (bicyclic) bond motifs is 1. The average Bonchev–Trinajstić information content (AvgIpc) is 2.77. The summed E-state index contributed by atoms with van der Waals surface area (Å²) >= 11 is 0. The molecule has 0 aliphatic heterocycles. The van der Waals surface area contributed by atoms with Crippen LogP contribution in [-0.2, 0) is 7.05 Å². The molecule has 0 fully saturated rings. The fraction of sp³-hybridized carbons (Fsp3) is 0.154. The number of nitrogens with zero attached hydrogens (tertiary/aromatic N) is 1. The van der Waals surface area contributed by atoms with Crippen molar-refractivity contribution in [1.82, 2.24) is 4.57 Å². The molecule has 0 aliphatic rings. The first-order valence-corrected chi connectivity index (χ1v) is 10.2. The van der Waals surface area contributed by atoms with Crippen molar-refractivity contribution >= 4 is 22.4 Å². The Morgan fingerprint density at radius 3 is 2.35 bits per heavy atom. The van der Waals surface area contributed by atoms with Crippen molar-refractivity contribution in [1.29, 1.82) is 0 Å². The molecule has 31 heavy (non-hydrogen) atoms. The van der Waals surface area contributed by atoms with E-state index in [-0.39, 0.29) is 17.2 Å². The molecule has 0 aliphatic carbocycles. The molecule has 1 unspecified atom stereocenters. The van der Waals surface area contributed by atoms with Crippen LogP contribution in [-0.4, -0.2) is 15.6 Å². The van der Waals surface area contributed by atoms with Crippen LogP contribution in [0.25, 0.3) is 22.0 Å². The van der Waals surface area contributed by atoms with Crippen LogP contribution in [0.1, 0.15) is 34.5 Å². The van der Waals surface area contributed by atoms with Gasteiger partial charge in [-0.25, -0.2) is 4.79 Å². The topological polar surface area (TPSA) is 71.3 Å². The maximum atomic E-state index is 13.2. The quantitative estimate of drug-likeness (QED) is 0.461. The normalized spacial score (nSPS) is 12.0. The van der Waals surface area contributed by atoms with E-state index >= 15 is 0 Å². The lowest BCUT2D eigenvalue weighted by Crippen LogP contribution is -2.20. The van der Waals surface area contributed by atoms with Gasteiger partial charge >= 0.3 is 5.97 Å². The van der Waals surface area contributed by atoms with E-state index in [9.17, 15) is 14.7 Å². The van der Waals surface area contributed by atoms with Gasteiger partial charge in [-0.3, -0.25) is 4.79 Å². The number of anilines is 1. The summed E-state index contributed by atoms with van der Waals surface area (Å²) in [5, 5.41) is 14.4. The Bertz CT molecular complexity index is 1340. The number of hydrogen-bond acceptors (Lipinski definition) is 3. The lowest BCUT2D eigenvalue weighted by Gasteiger charge is -2.21. The first kappa shape index (κ1) is 20.4. The number of para-hydroxylation sites is 1. The number of pyridine rings is 1. The molecular formula is C26H24N2O3. The Balaban J connectivity index is 1.89. The Morgan fingerprint density at radius 1 is 0.968 bits per heavy atom. The number of aryl methyl sites for hydroxylation is 1. The standard InChI is InChI=1S/C26H24N2O3/c1-16-13-20(17(2)27-23-12-8-7-11-19(23)26(30)31)21-15-24(18-9-5-4-6-10-18)28(3)25(29)22(21)14-16/h4-15,17,27H,1-3H3,(H,30,31). The predicted molar refractivity (Wildman–Crippen MR) is 125 cm³/mol. The molecule has 0 spiro atoms. The number of aromatic nitrogens is 1. The van der Waals surface area contributed by atoms with Gasteiger partial charge in [0.1, 0.15) is 0 Å². The number of carbonyl (C=O) groups is 1. The molecule has 0 bridgehead atoms. The highest BCUT2D eigenvalue weighted by molar-refractivity contribution is 5.94. The van der Waals surface area contributed by atoms with Gasteiger partial charge in [-0.05, 0) is 60.2 Å². The summed E-state index contributed by atoms with van der Waals surface area (Å²) in [6.45, 7) is 3.94. The lowest BCUT2D eigenvalue weighted by molar-refractivity contribution is 0.0698. The summed E-state index contributed by atoms with van der Waals surface area (Å²) in [4.78, 5) is 24.8. The molecule has 0 saturated heterocycles. The second kappa shape index (κ2) is 8.11. The SMILES string of the molecule is Cc1cc(C(C)Nc2ccccc2C(=O)O)c2cc(-c3ccccc3)n(C)c(=O)c2c1. The van der Waals surface area contributed by atoms with Crippen molar-refractivity contribution in [2.24, 2.45) is 7.05 Å². The molecule has 4 aromatic rings. The van der Waals surface area contributed by atoms with E-state index in [4.69, 9.17) is 0 Å². The molecule has 5 nitrogen and oxygen atoms in total. The molecule has 1 heterocycles. The maximum absolute atomic E-state index is 13.2. The van der Waals surface area contributed by atoms with E-state index in [1.807, 2.05) is 56.3 Å². The van der Waals surface area contributed by atoms with Crippen molar-refractivity contribution < 1.29 is 9.90 Å². The predicted octanol–water partition coefficient (Wildman–Crippen LogP) is 5.39. The van der Waals surface area contributed by atoms with Gasteiger partial charge in [0.25, 0.3) is 5.56 Å². The van der Waals surface area contributed by atoms with Gasteiger partial charge in [-0.2, -0.15) is 0 Å². The van der Waals surface area contributed by atoms with Crippen LogP contribution >= 0.6 is 0 Å². The van der Waals surface area contributed by atoms with Gasteiger partial charge in [-0.1, -0.05) is 48.5 Å². The Hall–Kier alpha value is -3.86. The van der Waals surface area contributed by atoms with Crippen LogP contribution in [0.15, 0.2) is 77.6 Å². The van der Waals surface area contributed by atoms with Crippen molar-refractivity contribution in [3.05, 3.63) is 99.8 Å². The van der Waals surface area contributed by atoms with Crippen LogP contribution in [0.5, 0.6) is 0 Å². The van der Waals surface area contributed by atoms with Gasteiger partial charge in [0.15, 0.2) is 0 Å². The number of benzene rings is 3. The van der Waals surface area contributed by atoms with Gasteiger partial charge < -0.3 is 15.0 Å². The monoisotopic (exact) mass is 412 g/mol. The summed E-state index contributed by atoms with van der Waals surface area (Å²) in [6.07, 6.45) is 0. The number of rotatable bonds is 5. The fourth-order valence-corrected chi connectivity index (χ4v) is 4.04. The summed E-state index contributed by atoms with van der Waals surface area (Å²) in [5.41, 5.74) is 4.43. The molecule has 4 rings (SSSR count). The second-order valence-corrected chi connectivity index (χ2v) is 7.79. The third kappa shape index (κ3) is 3.82. The highest BCUT2D eigenvalue weighted by Crippen LogP contribution is 2.31. The molecule has 1 atom stereocenters. The van der Waals surface area contributed by atoms with Gasteiger partial charge in [0, 0.05) is 24.2 Å². The van der Waals surface area contributed by atoms with Crippen molar-refractivity contribution in [2.75, 3.05) is 5.32 Å². The molecule has 0 radical (unpaired) electrons. The van der Waals surface area contributed by atoms with Crippen LogP contribution in [0, 0.1) is 6.92 Å². The van der Waals surface area contributed by atoms with E-state index < -0.39 is 5.97 Å². The summed E-state index contributed by atoms with van der Waals surface area (Å²) in [7, 11) is 1.79. The molecule has 3 aromatic carbocycles. The first-order valence-electron chi connectivity index (χ1n) is 10.2. The Kier molecular flexibility index (Phi) is 5.34. The number of carboxylic acid groups (broad SMARTS) is 1. The smallest absolute Gasteiger partial charge is 0.337 e. The van der Waals surface area contributed by atoms with Crippen LogP contribution < -0.4 is 10.9 Å². The minimum absolute atomic E-state index is 0.0561. The van der Waals surface area contributed by atoms with Gasteiger partial charge in [0.05, 0.1) is 11.3 Å². The number of aromatic carboxylic acids is 1. The lowest BCUT2D eigenvalue weighted by atomic mass is 9.95. The minimum Gasteiger partial charge on any atom is -0.478 e. The van der Waals surface area contributed by atoms with E-state index in [0.29, 0.717) is 11.1 Å². The molecule has 0 saturated carbocycles. The highest BCUT2D eigenvalue weighted by atomic mass is 16.4. The molecule has 0 amide bonds. The molecule has 156 valence electrons. The highest BCUT2D eigenvalue weighted by Gasteiger charge is 2.17. The zero-order valence-electron chi connectivity index (χ0n) is 17.7. The third-order valence-electron chi connectivity index (χ3n) is 5.60. The summed E-state index contributed by atoms with van der Waals surface area (Å²) in [5.74, 6) is -0.982. The average molecular weight is 412 g/mol. The van der Waals surface area contributed by atoms with Crippen LogP contribution in [0.3, 0.4) is 0 Å². The first-order chi connectivity index (χ1) is 14.9. The maximum Gasteiger partial charge on any atom is 0.337 e.